The van der Waals surface area contributed by atoms with Gasteiger partial charge in [-0.05, 0) is 69.0 Å². The maximum Gasteiger partial charge on any atom is 0.259 e. The molecule has 0 saturated heterocycles. The first-order chi connectivity index (χ1) is 25.7. The van der Waals surface area contributed by atoms with Gasteiger partial charge >= 0.3 is 0 Å². The molecule has 2 aromatic heterocycles. The molecule has 4 aromatic rings. The number of pyridine rings is 1. The van der Waals surface area contributed by atoms with Crippen molar-refractivity contribution < 1.29 is 5.11 Å². The number of rotatable bonds is 13. The molecule has 0 radical (unpaired) electrons. The predicted molar refractivity (Wildman–Crippen MR) is 225 cm³/mol. The molecule has 1 unspecified atom stereocenters. The maximum atomic E-state index is 12.9. The van der Waals surface area contributed by atoms with Gasteiger partial charge in [0.1, 0.15) is 11.6 Å². The van der Waals surface area contributed by atoms with Crippen LogP contribution in [0.5, 0.6) is 0 Å². The van der Waals surface area contributed by atoms with Crippen molar-refractivity contribution in [1.82, 2.24) is 25.2 Å². The lowest BCUT2D eigenvalue weighted by atomic mass is 9.94. The van der Waals surface area contributed by atoms with Gasteiger partial charge in [0.05, 0.1) is 5.56 Å². The largest absolute Gasteiger partial charge is 0.506 e. The van der Waals surface area contributed by atoms with E-state index in [1.807, 2.05) is 68.0 Å². The van der Waals surface area contributed by atoms with E-state index in [4.69, 9.17) is 5.73 Å². The Balaban J connectivity index is 0.000000313. The Morgan fingerprint density at radius 2 is 1.68 bits per heavy atom. The van der Waals surface area contributed by atoms with Crippen molar-refractivity contribution in [3.63, 3.8) is 0 Å². The lowest BCUT2D eigenvalue weighted by Crippen LogP contribution is -2.28. The Hall–Kier alpha value is -5.21. The summed E-state index contributed by atoms with van der Waals surface area (Å²) in [5.74, 6) is 1.31. The van der Waals surface area contributed by atoms with Crippen molar-refractivity contribution in [3.8, 4) is 11.4 Å². The third kappa shape index (κ3) is 15.5. The van der Waals surface area contributed by atoms with Gasteiger partial charge in [0.2, 0.25) is 0 Å². The van der Waals surface area contributed by atoms with Gasteiger partial charge in [-0.15, -0.1) is 6.58 Å². The standard InChI is InChI=1S/C22H21N3O2.C14H22N2.C5H9N.C4H10/c1-2-13-25-21(18-11-7-4-8-12-18)24-15-19(22(25)27)14-23-16-20(26)17-9-5-3-6-10-17;1-5-12(3)14-6-7-16-10-13(14)8-11(2)9-15-4;6-4-5-2-1-3-5;1-3-4-2/h2-12,15-16,23,26H,1,13-14H2;6-8,10,12,15H,5,9H2,1-4H3;4H,1-3,6H2;3-4H2,1-2H3/b20-16-;11-8+;;. The molecule has 1 aliphatic rings. The van der Waals surface area contributed by atoms with E-state index >= 15 is 0 Å². The van der Waals surface area contributed by atoms with Crippen molar-refractivity contribution >= 4 is 11.8 Å². The SMILES string of the molecule is C=CCn1c(-c2ccccc2)ncc(CN/C=C(\O)c2ccccc2)c1=O.CCC(C)c1ccncc1/C=C(\C)CNC.CCCC.NC=C1CCC1. The Bertz CT molecular complexity index is 1770. The quantitative estimate of drug-likeness (QED) is 0.0803. The Morgan fingerprint density at radius 3 is 2.21 bits per heavy atom. The molecule has 0 amide bonds. The lowest BCUT2D eigenvalue weighted by Gasteiger charge is -2.13. The summed E-state index contributed by atoms with van der Waals surface area (Å²) in [6.45, 7) is 16.3. The first-order valence-corrected chi connectivity index (χ1v) is 18.8. The van der Waals surface area contributed by atoms with Crippen LogP contribution in [-0.2, 0) is 13.1 Å². The molecule has 284 valence electrons. The summed E-state index contributed by atoms with van der Waals surface area (Å²) in [6, 6.07) is 20.9. The van der Waals surface area contributed by atoms with E-state index in [0.717, 1.165) is 18.5 Å². The van der Waals surface area contributed by atoms with Crippen molar-refractivity contribution in [1.29, 1.82) is 0 Å². The summed E-state index contributed by atoms with van der Waals surface area (Å²) in [5.41, 5.74) is 12.5. The second kappa shape index (κ2) is 25.7. The molecule has 8 heteroatoms. The molecule has 1 saturated carbocycles. The highest BCUT2D eigenvalue weighted by molar-refractivity contribution is 5.58. The Morgan fingerprint density at radius 1 is 1.02 bits per heavy atom. The van der Waals surface area contributed by atoms with Crippen LogP contribution in [-0.4, -0.2) is 33.2 Å². The Labute approximate surface area is 318 Å². The first-order valence-electron chi connectivity index (χ1n) is 18.8. The molecule has 1 atom stereocenters. The van der Waals surface area contributed by atoms with Gasteiger partial charge in [0.25, 0.3) is 5.56 Å². The number of likely N-dealkylation sites (N-methyl/N-ethyl adjacent to an activating group) is 1. The molecule has 0 aliphatic heterocycles. The number of nitrogens with two attached hydrogens (primary N) is 1. The molecule has 8 nitrogen and oxygen atoms in total. The molecule has 0 bridgehead atoms. The van der Waals surface area contributed by atoms with Gasteiger partial charge in [-0.2, -0.15) is 0 Å². The van der Waals surface area contributed by atoms with Crippen molar-refractivity contribution in [3.05, 3.63) is 154 Å². The summed E-state index contributed by atoms with van der Waals surface area (Å²) in [4.78, 5) is 21.5. The number of benzene rings is 2. The maximum absolute atomic E-state index is 12.9. The van der Waals surface area contributed by atoms with Crippen LogP contribution < -0.4 is 21.9 Å². The summed E-state index contributed by atoms with van der Waals surface area (Å²) >= 11 is 0. The zero-order valence-corrected chi connectivity index (χ0v) is 32.8. The van der Waals surface area contributed by atoms with Crippen molar-refractivity contribution in [2.75, 3.05) is 13.6 Å². The number of allylic oxidation sites excluding steroid dienone is 2. The smallest absolute Gasteiger partial charge is 0.259 e. The van der Waals surface area contributed by atoms with Crippen LogP contribution in [0, 0.1) is 0 Å². The van der Waals surface area contributed by atoms with E-state index in [2.05, 4.69) is 73.9 Å². The van der Waals surface area contributed by atoms with Crippen molar-refractivity contribution in [2.45, 2.75) is 92.2 Å². The molecular weight excluding hydrogens is 657 g/mol. The normalized spacial score (nSPS) is 12.7. The number of hydrogen-bond acceptors (Lipinski definition) is 7. The lowest BCUT2D eigenvalue weighted by molar-refractivity contribution is 0.507. The van der Waals surface area contributed by atoms with E-state index in [1.54, 1.807) is 35.2 Å². The number of aromatic nitrogens is 3. The fraction of sp³-hybridized carbons (Fsp3) is 0.356. The second-order valence-electron chi connectivity index (χ2n) is 13.0. The van der Waals surface area contributed by atoms with Gasteiger partial charge in [0, 0.05) is 55.6 Å². The molecule has 53 heavy (non-hydrogen) atoms. The molecule has 2 aromatic carbocycles. The van der Waals surface area contributed by atoms with Crippen LogP contribution in [0.3, 0.4) is 0 Å². The van der Waals surface area contributed by atoms with Gasteiger partial charge in [-0.25, -0.2) is 4.98 Å². The van der Waals surface area contributed by atoms with Gasteiger partial charge in [-0.3, -0.25) is 14.3 Å². The molecule has 1 aliphatic carbocycles. The highest BCUT2D eigenvalue weighted by atomic mass is 16.3. The van der Waals surface area contributed by atoms with Crippen LogP contribution in [0.2, 0.25) is 0 Å². The third-order valence-electron chi connectivity index (χ3n) is 8.68. The minimum absolute atomic E-state index is 0.107. The first kappa shape index (κ1) is 44.0. The topological polar surface area (TPSA) is 118 Å². The minimum Gasteiger partial charge on any atom is -0.506 e. The van der Waals surface area contributed by atoms with E-state index in [1.165, 1.54) is 60.6 Å². The van der Waals surface area contributed by atoms with Crippen molar-refractivity contribution in [2.24, 2.45) is 5.73 Å². The van der Waals surface area contributed by atoms with Gasteiger partial charge in [0.15, 0.2) is 0 Å². The van der Waals surface area contributed by atoms with Crippen LogP contribution in [0.15, 0.2) is 126 Å². The van der Waals surface area contributed by atoms with Crippen LogP contribution in [0.1, 0.15) is 101 Å². The Kier molecular flexibility index (Phi) is 21.3. The second-order valence-corrected chi connectivity index (χ2v) is 13.0. The summed E-state index contributed by atoms with van der Waals surface area (Å²) < 4.78 is 1.60. The zero-order chi connectivity index (χ0) is 38.8. The van der Waals surface area contributed by atoms with Crippen LogP contribution in [0.4, 0.5) is 0 Å². The number of aliphatic hydroxyl groups excluding tert-OH is 1. The highest BCUT2D eigenvalue weighted by Crippen LogP contribution is 2.24. The average molecular weight is 719 g/mol. The van der Waals surface area contributed by atoms with Gasteiger partial charge < -0.3 is 21.5 Å². The average Bonchev–Trinajstić information content (AvgIpc) is 3.17. The third-order valence-corrected chi connectivity index (χ3v) is 8.68. The fourth-order valence-electron chi connectivity index (χ4n) is 5.07. The van der Waals surface area contributed by atoms with E-state index in [0.29, 0.717) is 29.4 Å². The molecule has 5 N–H and O–H groups in total. The van der Waals surface area contributed by atoms with E-state index in [9.17, 15) is 9.90 Å². The molecule has 2 heterocycles. The predicted octanol–water partition coefficient (Wildman–Crippen LogP) is 9.78. The number of aliphatic hydroxyl groups is 1. The van der Waals surface area contributed by atoms with E-state index < -0.39 is 0 Å². The molecule has 1 fully saturated rings. The monoisotopic (exact) mass is 718 g/mol. The highest BCUT2D eigenvalue weighted by Gasteiger charge is 2.11. The summed E-state index contributed by atoms with van der Waals surface area (Å²) in [6.07, 6.45) is 20.2. The van der Waals surface area contributed by atoms with Crippen LogP contribution in [0.25, 0.3) is 23.2 Å². The molecular formula is C45H62N6O2. The number of hydrogen-bond donors (Lipinski definition) is 4. The summed E-state index contributed by atoms with van der Waals surface area (Å²) in [5, 5.41) is 16.2. The molecule has 0 spiro atoms. The van der Waals surface area contributed by atoms with E-state index in [-0.39, 0.29) is 17.9 Å². The number of unbranched alkanes of at least 4 members (excludes halogenated alkanes) is 1. The summed E-state index contributed by atoms with van der Waals surface area (Å²) in [7, 11) is 1.97. The molecule has 5 rings (SSSR count). The number of nitrogens with one attached hydrogen (secondary N) is 2. The van der Waals surface area contributed by atoms with Gasteiger partial charge in [-0.1, -0.05) is 124 Å². The number of nitrogens with zero attached hydrogens (tertiary/aromatic N) is 3. The zero-order valence-electron chi connectivity index (χ0n) is 32.8. The minimum atomic E-state index is -0.135. The fourth-order valence-corrected chi connectivity index (χ4v) is 5.07. The van der Waals surface area contributed by atoms with Crippen LogP contribution >= 0.6 is 0 Å².